The van der Waals surface area contributed by atoms with Gasteiger partial charge in [0.05, 0.1) is 13.5 Å². The van der Waals surface area contributed by atoms with E-state index < -0.39 is 0 Å². The van der Waals surface area contributed by atoms with Crippen molar-refractivity contribution in [1.29, 1.82) is 0 Å². The summed E-state index contributed by atoms with van der Waals surface area (Å²) in [6.45, 7) is 1.84. The summed E-state index contributed by atoms with van der Waals surface area (Å²) < 4.78 is 18.5. The third-order valence-electron chi connectivity index (χ3n) is 3.42. The van der Waals surface area contributed by atoms with Crippen LogP contribution in [0.25, 0.3) is 0 Å². The molecule has 0 amide bonds. The first kappa shape index (κ1) is 15.9. The summed E-state index contributed by atoms with van der Waals surface area (Å²) in [4.78, 5) is 11.2. The number of halogens is 2. The Kier molecular flexibility index (Phi) is 6.25. The number of nitrogens with one attached hydrogen (secondary N) is 1. The van der Waals surface area contributed by atoms with Gasteiger partial charge in [-0.15, -0.1) is 12.4 Å². The van der Waals surface area contributed by atoms with E-state index in [4.69, 9.17) is 0 Å². The molecule has 0 radical (unpaired) electrons. The molecule has 0 atom stereocenters. The van der Waals surface area contributed by atoms with Crippen LogP contribution in [-0.2, 0) is 16.0 Å². The highest BCUT2D eigenvalue weighted by molar-refractivity contribution is 5.85. The van der Waals surface area contributed by atoms with Crippen LogP contribution in [0.4, 0.5) is 4.39 Å². The summed E-state index contributed by atoms with van der Waals surface area (Å²) >= 11 is 0. The van der Waals surface area contributed by atoms with Crippen LogP contribution in [0.1, 0.15) is 29.9 Å². The van der Waals surface area contributed by atoms with Gasteiger partial charge in [-0.3, -0.25) is 4.79 Å². The van der Waals surface area contributed by atoms with Crippen molar-refractivity contribution in [2.45, 2.75) is 25.2 Å². The lowest BCUT2D eigenvalue weighted by Crippen LogP contribution is -2.27. The number of rotatable bonds is 3. The molecule has 1 saturated heterocycles. The minimum Gasteiger partial charge on any atom is -0.469 e. The van der Waals surface area contributed by atoms with Crippen LogP contribution in [0.3, 0.4) is 0 Å². The molecule has 1 aliphatic heterocycles. The average molecular weight is 288 g/mol. The standard InChI is InChI=1S/C14H18FNO2.ClH/c1-18-14(17)9-10-2-3-13(15)12(8-10)11-4-6-16-7-5-11;/h2-3,8,11,16H,4-7,9H2,1H3;1H. The van der Waals surface area contributed by atoms with E-state index in [1.165, 1.54) is 13.2 Å². The molecule has 0 aromatic heterocycles. The minimum absolute atomic E-state index is 0. The Bertz CT molecular complexity index is 433. The van der Waals surface area contributed by atoms with E-state index in [9.17, 15) is 9.18 Å². The SMILES string of the molecule is COC(=O)Cc1ccc(F)c(C2CCNCC2)c1.Cl. The molecule has 1 aromatic carbocycles. The number of carbonyl (C=O) groups is 1. The fourth-order valence-corrected chi connectivity index (χ4v) is 2.39. The zero-order chi connectivity index (χ0) is 13.0. The van der Waals surface area contributed by atoms with Gasteiger partial charge >= 0.3 is 5.97 Å². The lowest BCUT2D eigenvalue weighted by atomic mass is 9.88. The maximum atomic E-state index is 13.8. The number of methoxy groups -OCH3 is 1. The second-order valence-electron chi connectivity index (χ2n) is 4.63. The zero-order valence-corrected chi connectivity index (χ0v) is 11.8. The van der Waals surface area contributed by atoms with Crippen molar-refractivity contribution in [3.8, 4) is 0 Å². The van der Waals surface area contributed by atoms with Crippen LogP contribution in [0, 0.1) is 5.82 Å². The molecule has 1 fully saturated rings. The van der Waals surface area contributed by atoms with Crippen LogP contribution in [0.15, 0.2) is 18.2 Å². The van der Waals surface area contributed by atoms with Crippen molar-refractivity contribution in [3.63, 3.8) is 0 Å². The van der Waals surface area contributed by atoms with Gasteiger partial charge in [-0.1, -0.05) is 12.1 Å². The van der Waals surface area contributed by atoms with Gasteiger partial charge in [0.2, 0.25) is 0 Å². The van der Waals surface area contributed by atoms with Crippen molar-refractivity contribution in [2.75, 3.05) is 20.2 Å². The minimum atomic E-state index is -0.294. The molecule has 19 heavy (non-hydrogen) atoms. The quantitative estimate of drug-likeness (QED) is 0.868. The lowest BCUT2D eigenvalue weighted by Gasteiger charge is -2.23. The molecule has 0 spiro atoms. The molecule has 0 unspecified atom stereocenters. The summed E-state index contributed by atoms with van der Waals surface area (Å²) in [6, 6.07) is 4.91. The Labute approximate surface area is 118 Å². The van der Waals surface area contributed by atoms with E-state index in [2.05, 4.69) is 10.1 Å². The summed E-state index contributed by atoms with van der Waals surface area (Å²) in [5.74, 6) is -0.211. The van der Waals surface area contributed by atoms with E-state index in [1.807, 2.05) is 6.07 Å². The molecule has 3 nitrogen and oxygen atoms in total. The van der Waals surface area contributed by atoms with Gasteiger partial charge in [-0.25, -0.2) is 4.39 Å². The first-order valence-electron chi connectivity index (χ1n) is 6.26. The third kappa shape index (κ3) is 4.18. The van der Waals surface area contributed by atoms with Crippen molar-refractivity contribution < 1.29 is 13.9 Å². The van der Waals surface area contributed by atoms with Gasteiger partial charge < -0.3 is 10.1 Å². The fourth-order valence-electron chi connectivity index (χ4n) is 2.39. The number of piperidine rings is 1. The van der Waals surface area contributed by atoms with Crippen LogP contribution in [0.5, 0.6) is 0 Å². The molecular weight excluding hydrogens is 269 g/mol. The Morgan fingerprint density at radius 2 is 2.11 bits per heavy atom. The van der Waals surface area contributed by atoms with E-state index in [0.29, 0.717) is 0 Å². The lowest BCUT2D eigenvalue weighted by molar-refractivity contribution is -0.139. The summed E-state index contributed by atoms with van der Waals surface area (Å²) in [7, 11) is 1.36. The molecule has 2 rings (SSSR count). The van der Waals surface area contributed by atoms with Crippen LogP contribution < -0.4 is 5.32 Å². The molecule has 0 saturated carbocycles. The second kappa shape index (κ2) is 7.46. The molecule has 0 bridgehead atoms. The summed E-state index contributed by atoms with van der Waals surface area (Å²) in [6.07, 6.45) is 2.09. The van der Waals surface area contributed by atoms with Gasteiger partial charge in [-0.05, 0) is 49.0 Å². The molecular formula is C14H19ClFNO2. The average Bonchev–Trinajstić information content (AvgIpc) is 2.42. The highest BCUT2D eigenvalue weighted by Crippen LogP contribution is 2.28. The molecule has 5 heteroatoms. The van der Waals surface area contributed by atoms with Crippen molar-refractivity contribution in [1.82, 2.24) is 5.32 Å². The largest absolute Gasteiger partial charge is 0.469 e. The smallest absolute Gasteiger partial charge is 0.309 e. The van der Waals surface area contributed by atoms with E-state index in [0.717, 1.165) is 37.1 Å². The number of hydrogen-bond acceptors (Lipinski definition) is 3. The maximum absolute atomic E-state index is 13.8. The third-order valence-corrected chi connectivity index (χ3v) is 3.42. The summed E-state index contributed by atoms with van der Waals surface area (Å²) in [5.41, 5.74) is 1.55. The predicted octanol–water partition coefficient (Wildman–Crippen LogP) is 2.43. The number of carbonyl (C=O) groups excluding carboxylic acids is 1. The van der Waals surface area contributed by atoms with Crippen molar-refractivity contribution in [3.05, 3.63) is 35.1 Å². The number of esters is 1. The van der Waals surface area contributed by atoms with Gasteiger partial charge in [0.25, 0.3) is 0 Å². The fraction of sp³-hybridized carbons (Fsp3) is 0.500. The maximum Gasteiger partial charge on any atom is 0.309 e. The first-order valence-corrected chi connectivity index (χ1v) is 6.26. The first-order chi connectivity index (χ1) is 8.70. The zero-order valence-electron chi connectivity index (χ0n) is 10.9. The Balaban J connectivity index is 0.00000180. The predicted molar refractivity (Wildman–Crippen MR) is 74.2 cm³/mol. The molecule has 1 aromatic rings. The van der Waals surface area contributed by atoms with Gasteiger partial charge in [-0.2, -0.15) is 0 Å². The second-order valence-corrected chi connectivity index (χ2v) is 4.63. The van der Waals surface area contributed by atoms with E-state index >= 15 is 0 Å². The number of hydrogen-bond donors (Lipinski definition) is 1. The van der Waals surface area contributed by atoms with Crippen molar-refractivity contribution in [2.24, 2.45) is 0 Å². The van der Waals surface area contributed by atoms with Gasteiger partial charge in [0, 0.05) is 0 Å². The van der Waals surface area contributed by atoms with Crippen molar-refractivity contribution >= 4 is 18.4 Å². The van der Waals surface area contributed by atoms with E-state index in [-0.39, 0.29) is 36.5 Å². The van der Waals surface area contributed by atoms with Gasteiger partial charge in [0.1, 0.15) is 5.82 Å². The molecule has 106 valence electrons. The molecule has 0 aliphatic carbocycles. The Morgan fingerprint density at radius 3 is 2.74 bits per heavy atom. The summed E-state index contributed by atoms with van der Waals surface area (Å²) in [5, 5.41) is 3.26. The normalized spacial score (nSPS) is 15.7. The highest BCUT2D eigenvalue weighted by atomic mass is 35.5. The monoisotopic (exact) mass is 287 g/mol. The number of ether oxygens (including phenoxy) is 1. The van der Waals surface area contributed by atoms with Crippen LogP contribution in [-0.4, -0.2) is 26.2 Å². The Hall–Kier alpha value is -1.13. The molecule has 1 aliphatic rings. The van der Waals surface area contributed by atoms with Crippen LogP contribution in [0.2, 0.25) is 0 Å². The Morgan fingerprint density at radius 1 is 1.42 bits per heavy atom. The van der Waals surface area contributed by atoms with Gasteiger partial charge in [0.15, 0.2) is 0 Å². The van der Waals surface area contributed by atoms with Crippen LogP contribution >= 0.6 is 12.4 Å². The number of benzene rings is 1. The van der Waals surface area contributed by atoms with E-state index in [1.54, 1.807) is 6.07 Å². The molecule has 1 N–H and O–H groups in total. The highest BCUT2D eigenvalue weighted by Gasteiger charge is 2.19. The molecule has 1 heterocycles. The topological polar surface area (TPSA) is 38.3 Å².